The first kappa shape index (κ1) is 36.3. The number of hydrogen-bond donors (Lipinski definition) is 3. The molecule has 2 unspecified atom stereocenters. The predicted octanol–water partition coefficient (Wildman–Crippen LogP) is 6.95. The Labute approximate surface area is 288 Å². The van der Waals surface area contributed by atoms with Crippen LogP contribution in [0.1, 0.15) is 59.3 Å². The van der Waals surface area contributed by atoms with E-state index in [-0.39, 0.29) is 18.0 Å². The highest BCUT2D eigenvalue weighted by atomic mass is 16.5. The molecule has 0 aliphatic carbocycles. The third kappa shape index (κ3) is 11.3. The number of methoxy groups -OCH3 is 2. The average molecular weight is 665 g/mol. The lowest BCUT2D eigenvalue weighted by Gasteiger charge is -2.14. The van der Waals surface area contributed by atoms with Crippen LogP contribution in [-0.2, 0) is 22.4 Å². The van der Waals surface area contributed by atoms with Crippen molar-refractivity contribution < 1.29 is 33.6 Å². The Morgan fingerprint density at radius 2 is 1.27 bits per heavy atom. The van der Waals surface area contributed by atoms with Gasteiger partial charge in [0.05, 0.1) is 33.5 Å². The number of nitrogens with one attached hydrogen (secondary N) is 1. The third-order valence-corrected chi connectivity index (χ3v) is 7.84. The van der Waals surface area contributed by atoms with E-state index in [0.717, 1.165) is 66.1 Å². The van der Waals surface area contributed by atoms with E-state index in [1.807, 2.05) is 68.4 Å². The molecule has 0 fully saturated rings. The van der Waals surface area contributed by atoms with Crippen molar-refractivity contribution in [1.29, 1.82) is 0 Å². The van der Waals surface area contributed by atoms with E-state index in [2.05, 4.69) is 17.4 Å². The number of aliphatic carboxylic acids is 1. The molecule has 0 aromatic heterocycles. The summed E-state index contributed by atoms with van der Waals surface area (Å²) in [6.07, 6.45) is 7.89. The number of rotatable bonds is 9. The van der Waals surface area contributed by atoms with Crippen molar-refractivity contribution in [2.75, 3.05) is 27.4 Å². The van der Waals surface area contributed by atoms with Gasteiger partial charge in [-0.1, -0.05) is 42.5 Å². The van der Waals surface area contributed by atoms with Gasteiger partial charge >= 0.3 is 5.97 Å². The van der Waals surface area contributed by atoms with Gasteiger partial charge in [-0.25, -0.2) is 4.79 Å². The second-order valence-corrected chi connectivity index (χ2v) is 11.5. The lowest BCUT2D eigenvalue weighted by Crippen LogP contribution is -2.24. The smallest absolute Gasteiger partial charge is 0.328 e. The Balaban J connectivity index is 0.000000182. The molecule has 2 atom stereocenters. The molecular weight excluding hydrogens is 620 g/mol. The number of nitrogens with two attached hydrogens (primary N) is 1. The van der Waals surface area contributed by atoms with E-state index in [1.54, 1.807) is 44.6 Å². The molecule has 9 nitrogen and oxygen atoms in total. The molecule has 6 rings (SSSR count). The molecular formula is C40H44N2O7. The van der Waals surface area contributed by atoms with Crippen LogP contribution in [0.3, 0.4) is 0 Å². The van der Waals surface area contributed by atoms with Crippen LogP contribution in [0.15, 0.2) is 97.1 Å². The van der Waals surface area contributed by atoms with Gasteiger partial charge in [0.25, 0.3) is 0 Å². The molecule has 1 amide bonds. The van der Waals surface area contributed by atoms with E-state index < -0.39 is 5.97 Å². The average Bonchev–Trinajstić information content (AvgIpc) is 3.80. The first-order valence-electron chi connectivity index (χ1n) is 16.1. The molecule has 2 aliphatic heterocycles. The molecule has 2 aliphatic rings. The number of hydrogen-bond acceptors (Lipinski definition) is 7. The largest absolute Gasteiger partial charge is 0.497 e. The molecule has 49 heavy (non-hydrogen) atoms. The first-order chi connectivity index (χ1) is 23.6. The van der Waals surface area contributed by atoms with E-state index in [4.69, 9.17) is 29.8 Å². The summed E-state index contributed by atoms with van der Waals surface area (Å²) < 4.78 is 21.1. The topological polar surface area (TPSA) is 129 Å². The molecule has 0 saturated carbocycles. The van der Waals surface area contributed by atoms with Gasteiger partial charge in [-0.3, -0.25) is 4.79 Å². The van der Waals surface area contributed by atoms with Gasteiger partial charge in [0, 0.05) is 31.0 Å². The van der Waals surface area contributed by atoms with Crippen LogP contribution in [0.2, 0.25) is 0 Å². The summed E-state index contributed by atoms with van der Waals surface area (Å²) in [5.41, 5.74) is 12.3. The van der Waals surface area contributed by atoms with Crippen molar-refractivity contribution in [3.05, 3.63) is 130 Å². The number of carbonyl (C=O) groups excluding carboxylic acids is 1. The zero-order valence-corrected chi connectivity index (χ0v) is 28.3. The van der Waals surface area contributed by atoms with Crippen molar-refractivity contribution in [3.63, 3.8) is 0 Å². The summed E-state index contributed by atoms with van der Waals surface area (Å²) >= 11 is 0. The summed E-state index contributed by atoms with van der Waals surface area (Å²) in [4.78, 5) is 22.3. The van der Waals surface area contributed by atoms with Crippen LogP contribution in [-0.4, -0.2) is 44.4 Å². The van der Waals surface area contributed by atoms with Crippen LogP contribution in [0.4, 0.5) is 0 Å². The molecule has 0 spiro atoms. The van der Waals surface area contributed by atoms with E-state index in [0.29, 0.717) is 5.75 Å². The minimum Gasteiger partial charge on any atom is -0.497 e. The molecule has 256 valence electrons. The second kappa shape index (κ2) is 18.1. The Hall–Kier alpha value is -5.54. The number of ether oxygens (including phenoxy) is 4. The summed E-state index contributed by atoms with van der Waals surface area (Å²) in [6, 6.07) is 27.1. The quantitative estimate of drug-likeness (QED) is 0.164. The van der Waals surface area contributed by atoms with Crippen molar-refractivity contribution in [2.45, 2.75) is 38.8 Å². The lowest BCUT2D eigenvalue weighted by molar-refractivity contribution is -0.131. The molecule has 2 heterocycles. The fourth-order valence-electron chi connectivity index (χ4n) is 5.14. The Morgan fingerprint density at radius 1 is 0.755 bits per heavy atom. The second-order valence-electron chi connectivity index (χ2n) is 11.5. The molecule has 4 aromatic rings. The van der Waals surface area contributed by atoms with E-state index in [9.17, 15) is 9.59 Å². The van der Waals surface area contributed by atoms with Gasteiger partial charge in [-0.05, 0) is 102 Å². The van der Waals surface area contributed by atoms with Crippen molar-refractivity contribution >= 4 is 24.0 Å². The molecule has 4 aromatic carbocycles. The zero-order chi connectivity index (χ0) is 35.2. The van der Waals surface area contributed by atoms with Crippen LogP contribution in [0, 0.1) is 0 Å². The van der Waals surface area contributed by atoms with E-state index >= 15 is 0 Å². The van der Waals surface area contributed by atoms with E-state index in [1.165, 1.54) is 22.8 Å². The minimum atomic E-state index is -0.956. The molecule has 0 saturated heterocycles. The summed E-state index contributed by atoms with van der Waals surface area (Å²) in [5, 5.41) is 11.4. The maximum absolute atomic E-state index is 12.1. The van der Waals surface area contributed by atoms with Crippen LogP contribution in [0.25, 0.3) is 12.2 Å². The zero-order valence-electron chi connectivity index (χ0n) is 28.3. The van der Waals surface area contributed by atoms with Crippen molar-refractivity contribution in [3.8, 4) is 23.0 Å². The van der Waals surface area contributed by atoms with Gasteiger partial charge in [0.1, 0.15) is 23.0 Å². The maximum atomic E-state index is 12.1. The summed E-state index contributed by atoms with van der Waals surface area (Å²) in [7, 11) is 3.19. The van der Waals surface area contributed by atoms with Gasteiger partial charge in [0.2, 0.25) is 5.91 Å². The Bertz CT molecular complexity index is 1780. The minimum absolute atomic E-state index is 0.0571. The highest BCUT2D eigenvalue weighted by Crippen LogP contribution is 2.29. The lowest BCUT2D eigenvalue weighted by atomic mass is 10.0. The Morgan fingerprint density at radius 3 is 1.78 bits per heavy atom. The van der Waals surface area contributed by atoms with Crippen molar-refractivity contribution in [2.24, 2.45) is 5.73 Å². The van der Waals surface area contributed by atoms with Crippen LogP contribution >= 0.6 is 0 Å². The standard InChI is InChI=1S/C20H21NO3.C10H13NO.C10H10O3/c1-14(16-7-8-19-17(13-16)10-11-24-19)21-20(22)9-6-15-4-3-5-18(12-15)23-2;1-7(11)8-2-3-10-9(6-8)4-5-12-10;1-13-9-4-2-3-8(7-9)5-6-10(11)12/h3-9,12-14H,10-11H2,1-2H3,(H,21,22);2-3,6-7H,4-5,11H2,1H3;2-7H,1H3,(H,11,12)/b9-6+;;6-5+. The molecule has 0 bridgehead atoms. The highest BCUT2D eigenvalue weighted by Gasteiger charge is 2.15. The van der Waals surface area contributed by atoms with Gasteiger partial charge in [-0.2, -0.15) is 0 Å². The van der Waals surface area contributed by atoms with Gasteiger partial charge in [0.15, 0.2) is 0 Å². The first-order valence-corrected chi connectivity index (χ1v) is 16.1. The maximum Gasteiger partial charge on any atom is 0.328 e. The number of benzene rings is 4. The molecule has 9 heteroatoms. The molecule has 0 radical (unpaired) electrons. The Kier molecular flexibility index (Phi) is 13.4. The van der Waals surface area contributed by atoms with Crippen LogP contribution in [0.5, 0.6) is 23.0 Å². The van der Waals surface area contributed by atoms with Crippen LogP contribution < -0.4 is 30.0 Å². The number of carboxylic acid groups (broad SMARTS) is 1. The highest BCUT2D eigenvalue weighted by molar-refractivity contribution is 5.92. The number of fused-ring (bicyclic) bond motifs is 2. The summed E-state index contributed by atoms with van der Waals surface area (Å²) in [5.74, 6) is 2.39. The predicted molar refractivity (Wildman–Crippen MR) is 192 cm³/mol. The summed E-state index contributed by atoms with van der Waals surface area (Å²) in [6.45, 7) is 5.53. The monoisotopic (exact) mass is 664 g/mol. The SMILES string of the molecule is CC(N)c1ccc2c(c1)CCO2.COc1cccc(/C=C/C(=O)NC(C)c2ccc3c(c2)CCO3)c1.COc1cccc(/C=C/C(=O)O)c1. The third-order valence-electron chi connectivity index (χ3n) is 7.84. The number of carboxylic acids is 1. The van der Waals surface area contributed by atoms with Crippen molar-refractivity contribution in [1.82, 2.24) is 5.32 Å². The molecule has 4 N–H and O–H groups in total. The van der Waals surface area contributed by atoms with Gasteiger partial charge in [-0.15, -0.1) is 0 Å². The normalized spacial score (nSPS) is 13.7. The van der Waals surface area contributed by atoms with Gasteiger partial charge < -0.3 is 35.1 Å². The number of carbonyl (C=O) groups is 2. The number of amides is 1. The fraction of sp³-hybridized carbons (Fsp3) is 0.250. The fourth-order valence-corrected chi connectivity index (χ4v) is 5.14.